The van der Waals surface area contributed by atoms with E-state index in [-0.39, 0.29) is 0 Å². The van der Waals surface area contributed by atoms with Crippen molar-refractivity contribution in [1.29, 1.82) is 0 Å². The van der Waals surface area contributed by atoms with E-state index in [1.54, 1.807) is 7.11 Å². The molecule has 0 aliphatic heterocycles. The van der Waals surface area contributed by atoms with E-state index in [4.69, 9.17) is 4.74 Å². The SMILES string of the molecule is COc1ccc(C)cc1N=Nc1c(C)nc2c(C)cccn12. The van der Waals surface area contributed by atoms with Gasteiger partial charge in [0, 0.05) is 6.20 Å². The Morgan fingerprint density at radius 3 is 2.68 bits per heavy atom. The first-order chi connectivity index (χ1) is 10.6. The first kappa shape index (κ1) is 14.3. The average Bonchev–Trinajstić information content (AvgIpc) is 2.82. The van der Waals surface area contributed by atoms with E-state index in [0.717, 1.165) is 28.3 Å². The Bertz CT molecular complexity index is 864. The van der Waals surface area contributed by atoms with Gasteiger partial charge in [0.15, 0.2) is 5.82 Å². The molecule has 22 heavy (non-hydrogen) atoms. The molecule has 0 atom stereocenters. The Balaban J connectivity index is 2.09. The summed E-state index contributed by atoms with van der Waals surface area (Å²) < 4.78 is 7.29. The van der Waals surface area contributed by atoms with Crippen LogP contribution in [0.2, 0.25) is 0 Å². The van der Waals surface area contributed by atoms with E-state index in [1.807, 2.05) is 61.7 Å². The Morgan fingerprint density at radius 2 is 1.91 bits per heavy atom. The molecule has 0 radical (unpaired) electrons. The molecule has 0 aliphatic carbocycles. The van der Waals surface area contributed by atoms with Crippen LogP contribution in [-0.4, -0.2) is 16.5 Å². The van der Waals surface area contributed by atoms with Gasteiger partial charge in [-0.2, -0.15) is 0 Å². The first-order valence-corrected chi connectivity index (χ1v) is 7.11. The molecule has 0 aliphatic rings. The average molecular weight is 294 g/mol. The maximum atomic E-state index is 5.33. The van der Waals surface area contributed by atoms with Crippen molar-refractivity contribution in [2.45, 2.75) is 20.8 Å². The van der Waals surface area contributed by atoms with E-state index >= 15 is 0 Å². The van der Waals surface area contributed by atoms with Gasteiger partial charge in [0.25, 0.3) is 0 Å². The third kappa shape index (κ3) is 2.45. The highest BCUT2D eigenvalue weighted by Gasteiger charge is 2.10. The van der Waals surface area contributed by atoms with Gasteiger partial charge in [-0.15, -0.1) is 10.2 Å². The standard InChI is InChI=1S/C17H18N4O/c1-11-7-8-15(22-4)14(10-11)19-20-17-13(3)18-16-12(2)6-5-9-21(16)17/h5-10H,1-4H3. The Kier molecular flexibility index (Phi) is 3.63. The molecular formula is C17H18N4O. The maximum absolute atomic E-state index is 5.33. The Hall–Kier alpha value is -2.69. The molecular weight excluding hydrogens is 276 g/mol. The number of aryl methyl sites for hydroxylation is 3. The molecule has 112 valence electrons. The molecule has 5 heteroatoms. The van der Waals surface area contributed by atoms with Crippen LogP contribution in [0, 0.1) is 20.8 Å². The summed E-state index contributed by atoms with van der Waals surface area (Å²) >= 11 is 0. The van der Waals surface area contributed by atoms with E-state index in [1.165, 1.54) is 0 Å². The second kappa shape index (κ2) is 5.60. The molecule has 2 aromatic heterocycles. The number of imidazole rings is 1. The molecule has 0 N–H and O–H groups in total. The summed E-state index contributed by atoms with van der Waals surface area (Å²) in [7, 11) is 1.63. The van der Waals surface area contributed by atoms with E-state index in [9.17, 15) is 0 Å². The summed E-state index contributed by atoms with van der Waals surface area (Å²) in [5, 5.41) is 8.76. The maximum Gasteiger partial charge on any atom is 0.182 e. The topological polar surface area (TPSA) is 51.2 Å². The van der Waals surface area contributed by atoms with Gasteiger partial charge in [-0.1, -0.05) is 12.1 Å². The van der Waals surface area contributed by atoms with Crippen molar-refractivity contribution in [2.24, 2.45) is 10.2 Å². The van der Waals surface area contributed by atoms with Crippen LogP contribution < -0.4 is 4.74 Å². The highest BCUT2D eigenvalue weighted by atomic mass is 16.5. The van der Waals surface area contributed by atoms with Crippen LogP contribution in [0.5, 0.6) is 5.75 Å². The fourth-order valence-electron chi connectivity index (χ4n) is 2.40. The highest BCUT2D eigenvalue weighted by molar-refractivity contribution is 5.57. The number of hydrogen-bond donors (Lipinski definition) is 0. The van der Waals surface area contributed by atoms with Gasteiger partial charge in [-0.05, 0) is 50.1 Å². The molecule has 0 saturated heterocycles. The van der Waals surface area contributed by atoms with Crippen LogP contribution in [0.1, 0.15) is 16.8 Å². The van der Waals surface area contributed by atoms with E-state index in [2.05, 4.69) is 15.2 Å². The second-order valence-corrected chi connectivity index (χ2v) is 5.28. The van der Waals surface area contributed by atoms with Crippen molar-refractivity contribution in [1.82, 2.24) is 9.38 Å². The lowest BCUT2D eigenvalue weighted by molar-refractivity contribution is 0.415. The molecule has 0 amide bonds. The molecule has 0 spiro atoms. The predicted octanol–water partition coefficient (Wildman–Crippen LogP) is 4.68. The van der Waals surface area contributed by atoms with Crippen molar-refractivity contribution < 1.29 is 4.74 Å². The van der Waals surface area contributed by atoms with Gasteiger partial charge in [0.2, 0.25) is 0 Å². The first-order valence-electron chi connectivity index (χ1n) is 7.11. The quantitative estimate of drug-likeness (QED) is 0.658. The third-order valence-electron chi connectivity index (χ3n) is 3.57. The van der Waals surface area contributed by atoms with Gasteiger partial charge < -0.3 is 4.74 Å². The number of fused-ring (bicyclic) bond motifs is 1. The summed E-state index contributed by atoms with van der Waals surface area (Å²) in [6, 6.07) is 9.85. The number of benzene rings is 1. The lowest BCUT2D eigenvalue weighted by Crippen LogP contribution is -1.86. The molecule has 2 heterocycles. The summed E-state index contributed by atoms with van der Waals surface area (Å²) in [6.07, 6.45) is 1.95. The van der Waals surface area contributed by atoms with Crippen molar-refractivity contribution in [3.63, 3.8) is 0 Å². The zero-order chi connectivity index (χ0) is 15.7. The molecule has 0 fully saturated rings. The van der Waals surface area contributed by atoms with Crippen molar-refractivity contribution in [3.05, 3.63) is 53.3 Å². The fourth-order valence-corrected chi connectivity index (χ4v) is 2.40. The molecule has 1 aromatic carbocycles. The molecule has 0 unspecified atom stereocenters. The van der Waals surface area contributed by atoms with Crippen LogP contribution in [-0.2, 0) is 0 Å². The zero-order valence-electron chi connectivity index (χ0n) is 13.2. The summed E-state index contributed by atoms with van der Waals surface area (Å²) in [6.45, 7) is 5.99. The third-order valence-corrected chi connectivity index (χ3v) is 3.57. The summed E-state index contributed by atoms with van der Waals surface area (Å²) in [4.78, 5) is 4.56. The van der Waals surface area contributed by atoms with Gasteiger partial charge in [-0.25, -0.2) is 4.98 Å². The van der Waals surface area contributed by atoms with Gasteiger partial charge in [-0.3, -0.25) is 4.40 Å². The number of nitrogens with zero attached hydrogens (tertiary/aromatic N) is 4. The lowest BCUT2D eigenvalue weighted by atomic mass is 10.2. The number of aromatic nitrogens is 2. The minimum absolute atomic E-state index is 0.706. The minimum atomic E-state index is 0.706. The molecule has 3 rings (SSSR count). The largest absolute Gasteiger partial charge is 0.494 e. The van der Waals surface area contributed by atoms with Gasteiger partial charge in [0.05, 0.1) is 12.8 Å². The number of azo groups is 1. The number of rotatable bonds is 3. The number of pyridine rings is 1. The fraction of sp³-hybridized carbons (Fsp3) is 0.235. The van der Waals surface area contributed by atoms with Crippen LogP contribution in [0.3, 0.4) is 0 Å². The monoisotopic (exact) mass is 294 g/mol. The van der Waals surface area contributed by atoms with Crippen molar-refractivity contribution in [2.75, 3.05) is 7.11 Å². The minimum Gasteiger partial charge on any atom is -0.494 e. The van der Waals surface area contributed by atoms with Crippen molar-refractivity contribution in [3.8, 4) is 5.75 Å². The molecule has 0 saturated carbocycles. The second-order valence-electron chi connectivity index (χ2n) is 5.28. The normalized spacial score (nSPS) is 11.5. The molecule has 0 bridgehead atoms. The molecule has 5 nitrogen and oxygen atoms in total. The Labute approximate surface area is 129 Å². The number of hydrogen-bond acceptors (Lipinski definition) is 4. The predicted molar refractivity (Wildman–Crippen MR) is 86.6 cm³/mol. The molecule has 3 aromatic rings. The number of ether oxygens (including phenoxy) is 1. The highest BCUT2D eigenvalue weighted by Crippen LogP contribution is 2.31. The lowest BCUT2D eigenvalue weighted by Gasteiger charge is -2.04. The van der Waals surface area contributed by atoms with E-state index < -0.39 is 0 Å². The zero-order valence-corrected chi connectivity index (χ0v) is 13.2. The van der Waals surface area contributed by atoms with Gasteiger partial charge in [0.1, 0.15) is 17.1 Å². The van der Waals surface area contributed by atoms with E-state index in [0.29, 0.717) is 11.4 Å². The van der Waals surface area contributed by atoms with Crippen LogP contribution in [0.15, 0.2) is 46.8 Å². The van der Waals surface area contributed by atoms with Crippen molar-refractivity contribution >= 4 is 17.2 Å². The van der Waals surface area contributed by atoms with Crippen LogP contribution in [0.4, 0.5) is 11.5 Å². The van der Waals surface area contributed by atoms with Crippen LogP contribution in [0.25, 0.3) is 5.65 Å². The Morgan fingerprint density at radius 1 is 1.09 bits per heavy atom. The number of methoxy groups -OCH3 is 1. The smallest absolute Gasteiger partial charge is 0.182 e. The van der Waals surface area contributed by atoms with Crippen LogP contribution >= 0.6 is 0 Å². The van der Waals surface area contributed by atoms with Gasteiger partial charge >= 0.3 is 0 Å². The summed E-state index contributed by atoms with van der Waals surface area (Å²) in [5.74, 6) is 1.44. The summed E-state index contributed by atoms with van der Waals surface area (Å²) in [5.41, 5.74) is 4.69.